The van der Waals surface area contributed by atoms with Crippen LogP contribution in [0.15, 0.2) is 18.2 Å². The minimum absolute atomic E-state index is 0.0233. The van der Waals surface area contributed by atoms with Crippen molar-refractivity contribution in [2.75, 3.05) is 0 Å². The summed E-state index contributed by atoms with van der Waals surface area (Å²) in [5.74, 6) is -0.110. The lowest BCUT2D eigenvalue weighted by molar-refractivity contribution is -0.281. The monoisotopic (exact) mass is 260 g/mol. The number of fused-ring (bicyclic) bond motifs is 1. The van der Waals surface area contributed by atoms with Gasteiger partial charge >= 0.3 is 12.5 Å². The topological polar surface area (TPSA) is 18.5 Å². The molecule has 0 saturated heterocycles. The molecule has 1 aromatic carbocycles. The van der Waals surface area contributed by atoms with E-state index in [0.717, 1.165) is 12.0 Å². The predicted octanol–water partition coefficient (Wildman–Crippen LogP) is 3.93. The van der Waals surface area contributed by atoms with Gasteiger partial charge in [-0.15, -0.1) is 0 Å². The SMILES string of the molecule is CC(C)(C)Cc1ccc2c(c1)OC(F)C(F)(F)O2. The van der Waals surface area contributed by atoms with Gasteiger partial charge in [0.15, 0.2) is 11.5 Å². The maximum absolute atomic E-state index is 13.0. The first-order valence-corrected chi connectivity index (χ1v) is 5.68. The van der Waals surface area contributed by atoms with Gasteiger partial charge in [-0.3, -0.25) is 0 Å². The van der Waals surface area contributed by atoms with Gasteiger partial charge in [-0.25, -0.2) is 0 Å². The fourth-order valence-corrected chi connectivity index (χ4v) is 1.82. The number of alkyl halides is 3. The Labute approximate surface area is 104 Å². The highest BCUT2D eigenvalue weighted by molar-refractivity contribution is 5.44. The van der Waals surface area contributed by atoms with E-state index in [1.807, 2.05) is 0 Å². The molecule has 0 spiro atoms. The Morgan fingerprint density at radius 3 is 2.50 bits per heavy atom. The van der Waals surface area contributed by atoms with Crippen LogP contribution < -0.4 is 9.47 Å². The van der Waals surface area contributed by atoms with E-state index in [1.165, 1.54) is 6.07 Å². The van der Waals surface area contributed by atoms with Crippen LogP contribution >= 0.6 is 0 Å². The summed E-state index contributed by atoms with van der Waals surface area (Å²) in [7, 11) is 0. The molecule has 18 heavy (non-hydrogen) atoms. The first kappa shape index (κ1) is 13.1. The molecule has 0 radical (unpaired) electrons. The molecule has 1 aliphatic rings. The molecule has 0 saturated carbocycles. The molecule has 1 aliphatic heterocycles. The molecule has 1 atom stereocenters. The fraction of sp³-hybridized carbons (Fsp3) is 0.538. The molecular formula is C13H15F3O2. The lowest BCUT2D eigenvalue weighted by Gasteiger charge is -2.29. The van der Waals surface area contributed by atoms with E-state index in [4.69, 9.17) is 0 Å². The zero-order valence-electron chi connectivity index (χ0n) is 10.5. The summed E-state index contributed by atoms with van der Waals surface area (Å²) < 4.78 is 47.7. The first-order chi connectivity index (χ1) is 8.17. The van der Waals surface area contributed by atoms with Crippen molar-refractivity contribution in [1.82, 2.24) is 0 Å². The van der Waals surface area contributed by atoms with Crippen LogP contribution in [0.4, 0.5) is 13.2 Å². The summed E-state index contributed by atoms with van der Waals surface area (Å²) in [6.45, 7) is 6.15. The van der Waals surface area contributed by atoms with E-state index in [-0.39, 0.29) is 16.9 Å². The molecule has 1 aromatic rings. The Kier molecular flexibility index (Phi) is 2.95. The van der Waals surface area contributed by atoms with Crippen molar-refractivity contribution in [2.24, 2.45) is 5.41 Å². The van der Waals surface area contributed by atoms with Gasteiger partial charge in [-0.05, 0) is 29.5 Å². The lowest BCUT2D eigenvalue weighted by Crippen LogP contribution is -2.43. The number of benzene rings is 1. The smallest absolute Gasteiger partial charge is 0.447 e. The molecule has 2 rings (SSSR count). The van der Waals surface area contributed by atoms with Crippen LogP contribution in [0.3, 0.4) is 0 Å². The number of rotatable bonds is 1. The highest BCUT2D eigenvalue weighted by atomic mass is 19.3. The predicted molar refractivity (Wildman–Crippen MR) is 60.7 cm³/mol. The van der Waals surface area contributed by atoms with E-state index in [2.05, 4.69) is 30.2 Å². The Morgan fingerprint density at radius 1 is 1.22 bits per heavy atom. The van der Waals surface area contributed by atoms with Crippen molar-refractivity contribution >= 4 is 0 Å². The number of halogens is 3. The molecule has 0 N–H and O–H groups in total. The van der Waals surface area contributed by atoms with E-state index >= 15 is 0 Å². The molecule has 0 bridgehead atoms. The summed E-state index contributed by atoms with van der Waals surface area (Å²) in [5.41, 5.74) is 0.935. The Balaban J connectivity index is 2.27. The van der Waals surface area contributed by atoms with Crippen LogP contribution in [-0.4, -0.2) is 12.5 Å². The van der Waals surface area contributed by atoms with Crippen molar-refractivity contribution < 1.29 is 22.6 Å². The van der Waals surface area contributed by atoms with Gasteiger partial charge in [0.2, 0.25) is 0 Å². The van der Waals surface area contributed by atoms with Crippen molar-refractivity contribution in [3.8, 4) is 11.5 Å². The summed E-state index contributed by atoms with van der Waals surface area (Å²) in [5, 5.41) is 0. The molecule has 0 fully saturated rings. The second-order valence-electron chi connectivity index (χ2n) is 5.62. The minimum Gasteiger partial charge on any atom is -0.447 e. The second kappa shape index (κ2) is 4.07. The summed E-state index contributed by atoms with van der Waals surface area (Å²) >= 11 is 0. The molecule has 0 aliphatic carbocycles. The van der Waals surface area contributed by atoms with E-state index in [1.54, 1.807) is 12.1 Å². The van der Waals surface area contributed by atoms with Crippen LogP contribution in [0.25, 0.3) is 0 Å². The Hall–Kier alpha value is -1.39. The van der Waals surface area contributed by atoms with Gasteiger partial charge in [-0.2, -0.15) is 13.2 Å². The van der Waals surface area contributed by atoms with Crippen LogP contribution in [0, 0.1) is 5.41 Å². The third kappa shape index (κ3) is 2.71. The van der Waals surface area contributed by atoms with Crippen molar-refractivity contribution in [1.29, 1.82) is 0 Å². The highest BCUT2D eigenvalue weighted by Gasteiger charge is 2.49. The zero-order chi connectivity index (χ0) is 13.6. The van der Waals surface area contributed by atoms with Gasteiger partial charge < -0.3 is 9.47 Å². The lowest BCUT2D eigenvalue weighted by atomic mass is 9.88. The molecule has 5 heteroatoms. The van der Waals surface area contributed by atoms with Crippen molar-refractivity contribution in [2.45, 2.75) is 39.7 Å². The van der Waals surface area contributed by atoms with Gasteiger partial charge in [0.1, 0.15) is 0 Å². The summed E-state index contributed by atoms with van der Waals surface area (Å²) in [6.07, 6.45) is -5.97. The molecule has 0 aromatic heterocycles. The van der Waals surface area contributed by atoms with Gasteiger partial charge in [-0.1, -0.05) is 26.8 Å². The molecule has 2 nitrogen and oxygen atoms in total. The average molecular weight is 260 g/mol. The quantitative estimate of drug-likeness (QED) is 0.761. The van der Waals surface area contributed by atoms with Crippen molar-refractivity contribution in [3.63, 3.8) is 0 Å². The van der Waals surface area contributed by atoms with E-state index in [9.17, 15) is 13.2 Å². The van der Waals surface area contributed by atoms with Crippen LogP contribution in [0.5, 0.6) is 11.5 Å². The number of hydrogen-bond acceptors (Lipinski definition) is 2. The number of hydrogen-bond donors (Lipinski definition) is 0. The molecular weight excluding hydrogens is 245 g/mol. The first-order valence-electron chi connectivity index (χ1n) is 5.68. The third-order valence-corrected chi connectivity index (χ3v) is 2.48. The average Bonchev–Trinajstić information content (AvgIpc) is 2.17. The third-order valence-electron chi connectivity index (χ3n) is 2.48. The zero-order valence-corrected chi connectivity index (χ0v) is 10.5. The van der Waals surface area contributed by atoms with Crippen LogP contribution in [-0.2, 0) is 6.42 Å². The second-order valence-corrected chi connectivity index (χ2v) is 5.62. The normalized spacial score (nSPS) is 21.8. The van der Waals surface area contributed by atoms with E-state index < -0.39 is 12.5 Å². The standard InChI is InChI=1S/C13H15F3O2/c1-12(2,3)7-8-4-5-9-10(6-8)17-11(14)13(15,16)18-9/h4-6,11H,7H2,1-3H3. The number of ether oxygens (including phenoxy) is 2. The van der Waals surface area contributed by atoms with Gasteiger partial charge in [0.25, 0.3) is 0 Å². The van der Waals surface area contributed by atoms with Crippen LogP contribution in [0.1, 0.15) is 26.3 Å². The Bertz CT molecular complexity index is 452. The van der Waals surface area contributed by atoms with Gasteiger partial charge in [0.05, 0.1) is 0 Å². The summed E-state index contributed by atoms with van der Waals surface area (Å²) in [4.78, 5) is 0. The fourth-order valence-electron chi connectivity index (χ4n) is 1.82. The largest absolute Gasteiger partial charge is 0.468 e. The molecule has 0 amide bonds. The maximum Gasteiger partial charge on any atom is 0.468 e. The molecule has 1 heterocycles. The summed E-state index contributed by atoms with van der Waals surface area (Å²) in [6, 6.07) is 4.61. The maximum atomic E-state index is 13.0. The molecule has 1 unspecified atom stereocenters. The van der Waals surface area contributed by atoms with E-state index in [0.29, 0.717) is 0 Å². The Morgan fingerprint density at radius 2 is 1.89 bits per heavy atom. The van der Waals surface area contributed by atoms with Crippen molar-refractivity contribution in [3.05, 3.63) is 23.8 Å². The highest BCUT2D eigenvalue weighted by Crippen LogP contribution is 2.41. The van der Waals surface area contributed by atoms with Gasteiger partial charge in [0, 0.05) is 0 Å². The minimum atomic E-state index is -3.93. The van der Waals surface area contributed by atoms with Crippen LogP contribution in [0.2, 0.25) is 0 Å². The molecule has 100 valence electrons.